The predicted molar refractivity (Wildman–Crippen MR) is 164 cm³/mol. The topological polar surface area (TPSA) is 93.4 Å². The average molecular weight is 627 g/mol. The van der Waals surface area contributed by atoms with Gasteiger partial charge in [0.25, 0.3) is 0 Å². The molecule has 40 heavy (non-hydrogen) atoms. The Bertz CT molecular complexity index is 1500. The van der Waals surface area contributed by atoms with Crippen LogP contribution in [0.5, 0.6) is 5.75 Å². The number of thioether (sulfide) groups is 1. The molecule has 8 nitrogen and oxygen atoms in total. The molecule has 0 saturated heterocycles. The van der Waals surface area contributed by atoms with Gasteiger partial charge in [-0.05, 0) is 76.2 Å². The molecule has 0 spiro atoms. The van der Waals surface area contributed by atoms with Gasteiger partial charge in [0, 0.05) is 40.2 Å². The molecule has 0 atom stereocenters. The molecule has 1 aromatic heterocycles. The third-order valence-electron chi connectivity index (χ3n) is 6.33. The smallest absolute Gasteiger partial charge is 0.344 e. The number of nitrogens with zero attached hydrogens (tertiary/aromatic N) is 3. The van der Waals surface area contributed by atoms with Crippen molar-refractivity contribution in [3.8, 4) is 5.75 Å². The van der Waals surface area contributed by atoms with Crippen LogP contribution >= 0.6 is 27.7 Å². The first-order chi connectivity index (χ1) is 19.3. The van der Waals surface area contributed by atoms with Gasteiger partial charge < -0.3 is 24.0 Å². The highest BCUT2D eigenvalue weighted by molar-refractivity contribution is 9.10. The van der Waals surface area contributed by atoms with Crippen LogP contribution in [0, 0.1) is 0 Å². The maximum atomic E-state index is 12.9. The summed E-state index contributed by atoms with van der Waals surface area (Å²) < 4.78 is 13.5. The summed E-state index contributed by atoms with van der Waals surface area (Å²) in [5, 5.41) is 12.4. The van der Waals surface area contributed by atoms with Gasteiger partial charge in [-0.1, -0.05) is 27.7 Å². The molecule has 3 aromatic rings. The van der Waals surface area contributed by atoms with Crippen molar-refractivity contribution in [3.63, 3.8) is 0 Å². The van der Waals surface area contributed by atoms with E-state index in [1.165, 1.54) is 11.8 Å². The van der Waals surface area contributed by atoms with E-state index in [4.69, 9.17) is 9.47 Å². The molecule has 0 unspecified atom stereocenters. The Hall–Kier alpha value is -3.50. The summed E-state index contributed by atoms with van der Waals surface area (Å²) in [6, 6.07) is 13.0. The molecule has 1 N–H and O–H groups in total. The average Bonchev–Trinajstić information content (AvgIpc) is 3.42. The molecule has 1 aliphatic rings. The van der Waals surface area contributed by atoms with Crippen LogP contribution in [0.3, 0.4) is 0 Å². The second-order valence-electron chi connectivity index (χ2n) is 8.84. The number of aliphatic hydroxyl groups is 1. The lowest BCUT2D eigenvalue weighted by molar-refractivity contribution is -0.138. The minimum atomic E-state index is -0.643. The van der Waals surface area contributed by atoms with Crippen molar-refractivity contribution < 1.29 is 24.2 Å². The van der Waals surface area contributed by atoms with E-state index >= 15 is 0 Å². The minimum absolute atomic E-state index is 0.0219. The van der Waals surface area contributed by atoms with Crippen LogP contribution in [0.25, 0.3) is 17.0 Å². The molecule has 0 radical (unpaired) electrons. The molecule has 0 bridgehead atoms. The number of amides is 1. The first kappa shape index (κ1) is 29.5. The van der Waals surface area contributed by atoms with Gasteiger partial charge >= 0.3 is 5.97 Å². The maximum absolute atomic E-state index is 12.9. The van der Waals surface area contributed by atoms with Gasteiger partial charge in [0.1, 0.15) is 28.7 Å². The monoisotopic (exact) mass is 625 g/mol. The van der Waals surface area contributed by atoms with Gasteiger partial charge in [0.15, 0.2) is 0 Å². The van der Waals surface area contributed by atoms with E-state index in [9.17, 15) is 14.7 Å². The Morgan fingerprint density at radius 3 is 2.45 bits per heavy atom. The summed E-state index contributed by atoms with van der Waals surface area (Å²) in [5.41, 5.74) is 2.31. The number of aliphatic imine (C=N–C) groups is 1. The standard InChI is InChI=1S/C30H32BrN3O5S/c1-5-33(6-2)26(35)18-34-17-19(23-16-20(31)9-14-24(23)34)15-25-28(36)27(30(37)39-8-4)29(40-25)32-21-10-12-22(13-11-21)38-7-3/h9-17,36H,5-8,18H2,1-4H3/b25-15-,32-29?. The van der Waals surface area contributed by atoms with Crippen molar-refractivity contribution in [3.05, 3.63) is 74.9 Å². The lowest BCUT2D eigenvalue weighted by atomic mass is 10.1. The van der Waals surface area contributed by atoms with E-state index in [0.717, 1.165) is 26.7 Å². The van der Waals surface area contributed by atoms with Gasteiger partial charge in [-0.3, -0.25) is 4.79 Å². The van der Waals surface area contributed by atoms with Crippen molar-refractivity contribution in [2.45, 2.75) is 34.2 Å². The third kappa shape index (κ3) is 6.45. The molecular formula is C30H32BrN3O5S. The normalized spacial score (nSPS) is 15.3. The number of fused-ring (bicyclic) bond motifs is 1. The second kappa shape index (κ2) is 13.2. The van der Waals surface area contributed by atoms with Gasteiger partial charge in [-0.25, -0.2) is 9.79 Å². The zero-order valence-corrected chi connectivity index (χ0v) is 25.3. The van der Waals surface area contributed by atoms with Crippen molar-refractivity contribution in [1.82, 2.24) is 9.47 Å². The number of hydrogen-bond acceptors (Lipinski definition) is 7. The highest BCUT2D eigenvalue weighted by Crippen LogP contribution is 2.41. The van der Waals surface area contributed by atoms with Gasteiger partial charge in [-0.15, -0.1) is 0 Å². The SMILES string of the molecule is CCOC(=O)C1=C(O)/C(=C/c2cn(CC(=O)N(CC)CC)c3ccc(Br)cc23)SC1=Nc1ccc(OCC)cc1. The van der Waals surface area contributed by atoms with Crippen LogP contribution in [0.1, 0.15) is 33.3 Å². The van der Waals surface area contributed by atoms with E-state index in [0.29, 0.717) is 35.3 Å². The zero-order valence-electron chi connectivity index (χ0n) is 22.9. The first-order valence-corrected chi connectivity index (χ1v) is 14.8. The quantitative estimate of drug-likeness (QED) is 0.247. The molecule has 0 fully saturated rings. The molecule has 2 aromatic carbocycles. The summed E-state index contributed by atoms with van der Waals surface area (Å²) in [4.78, 5) is 32.7. The number of benzene rings is 2. The summed E-state index contributed by atoms with van der Waals surface area (Å²) in [5.74, 6) is -0.0904. The highest BCUT2D eigenvalue weighted by atomic mass is 79.9. The Kier molecular flexibility index (Phi) is 9.76. The molecule has 0 aliphatic carbocycles. The molecule has 2 heterocycles. The van der Waals surface area contributed by atoms with Crippen LogP contribution in [-0.4, -0.2) is 57.8 Å². The maximum Gasteiger partial charge on any atom is 0.344 e. The number of carbonyl (C=O) groups excluding carboxylic acids is 2. The second-order valence-corrected chi connectivity index (χ2v) is 10.8. The fourth-order valence-corrected chi connectivity index (χ4v) is 5.79. The fourth-order valence-electron chi connectivity index (χ4n) is 4.40. The number of aliphatic hydroxyl groups excluding tert-OH is 1. The van der Waals surface area contributed by atoms with Crippen molar-refractivity contribution >= 4 is 67.3 Å². The summed E-state index contributed by atoms with van der Waals surface area (Å²) in [6.45, 7) is 9.73. The Labute approximate surface area is 246 Å². The van der Waals surface area contributed by atoms with Crippen LogP contribution in [-0.2, 0) is 20.9 Å². The predicted octanol–water partition coefficient (Wildman–Crippen LogP) is 6.86. The van der Waals surface area contributed by atoms with Gasteiger partial charge in [0.05, 0.1) is 23.8 Å². The number of halogens is 1. The molecular weight excluding hydrogens is 594 g/mol. The number of esters is 1. The van der Waals surface area contributed by atoms with Crippen LogP contribution in [0.4, 0.5) is 5.69 Å². The van der Waals surface area contributed by atoms with E-state index in [-0.39, 0.29) is 30.4 Å². The highest BCUT2D eigenvalue weighted by Gasteiger charge is 2.33. The fraction of sp³-hybridized carbons (Fsp3) is 0.300. The van der Waals surface area contributed by atoms with Crippen LogP contribution in [0.15, 0.2) is 74.4 Å². The van der Waals surface area contributed by atoms with E-state index < -0.39 is 5.97 Å². The lowest BCUT2D eigenvalue weighted by Crippen LogP contribution is -2.33. The number of aromatic nitrogens is 1. The summed E-state index contributed by atoms with van der Waals surface area (Å²) in [7, 11) is 0. The molecule has 4 rings (SSSR count). The van der Waals surface area contributed by atoms with Crippen molar-refractivity contribution in [2.75, 3.05) is 26.3 Å². The number of carbonyl (C=O) groups is 2. The van der Waals surface area contributed by atoms with Gasteiger partial charge in [0.2, 0.25) is 5.91 Å². The van der Waals surface area contributed by atoms with Crippen molar-refractivity contribution in [1.29, 1.82) is 0 Å². The Morgan fingerprint density at radius 2 is 1.80 bits per heavy atom. The minimum Gasteiger partial charge on any atom is -0.506 e. The number of hydrogen-bond donors (Lipinski definition) is 1. The number of ether oxygens (including phenoxy) is 2. The Balaban J connectivity index is 1.76. The zero-order chi connectivity index (χ0) is 28.8. The third-order valence-corrected chi connectivity index (χ3v) is 7.84. The number of likely N-dealkylation sites (N-methyl/N-ethyl adjacent to an activating group) is 1. The van der Waals surface area contributed by atoms with Crippen LogP contribution in [0.2, 0.25) is 0 Å². The molecule has 1 aliphatic heterocycles. The Morgan fingerprint density at radius 1 is 1.07 bits per heavy atom. The molecule has 10 heteroatoms. The summed E-state index contributed by atoms with van der Waals surface area (Å²) >= 11 is 4.74. The largest absolute Gasteiger partial charge is 0.506 e. The molecule has 0 saturated carbocycles. The van der Waals surface area contributed by atoms with Crippen molar-refractivity contribution in [2.24, 2.45) is 4.99 Å². The van der Waals surface area contributed by atoms with E-state index in [2.05, 4.69) is 20.9 Å². The van der Waals surface area contributed by atoms with E-state index in [1.54, 1.807) is 36.1 Å². The molecule has 1 amide bonds. The first-order valence-electron chi connectivity index (χ1n) is 13.2. The van der Waals surface area contributed by atoms with Gasteiger partial charge in [-0.2, -0.15) is 0 Å². The summed E-state index contributed by atoms with van der Waals surface area (Å²) in [6.07, 6.45) is 3.71. The molecule has 210 valence electrons. The van der Waals surface area contributed by atoms with Crippen LogP contribution < -0.4 is 4.74 Å². The van der Waals surface area contributed by atoms with E-state index in [1.807, 2.05) is 55.8 Å². The number of rotatable bonds is 10. The lowest BCUT2D eigenvalue weighted by Gasteiger charge is -2.19.